The van der Waals surface area contributed by atoms with Gasteiger partial charge in [0.05, 0.1) is 10.7 Å². The van der Waals surface area contributed by atoms with Crippen LogP contribution in [0.15, 0.2) is 35.1 Å². The molecule has 1 N–H and O–H groups in total. The maximum atomic E-state index is 12.0. The second-order valence-electron chi connectivity index (χ2n) is 4.30. The molecule has 1 aromatic carbocycles. The fourth-order valence-corrected chi connectivity index (χ4v) is 2.23. The summed E-state index contributed by atoms with van der Waals surface area (Å²) in [6.45, 7) is 1.69. The normalized spacial score (nSPS) is 10.4. The third-order valence-electron chi connectivity index (χ3n) is 2.82. The number of nitrogens with zero attached hydrogens (tertiary/aromatic N) is 2. The number of para-hydroxylation sites is 1. The third kappa shape index (κ3) is 3.83. The predicted molar refractivity (Wildman–Crippen MR) is 83.0 cm³/mol. The van der Waals surface area contributed by atoms with E-state index in [0.717, 1.165) is 0 Å². The summed E-state index contributed by atoms with van der Waals surface area (Å²) in [5.74, 6) is 0.103. The molecule has 21 heavy (non-hydrogen) atoms. The first-order chi connectivity index (χ1) is 10.0. The number of hydrogen-bond acceptors (Lipinski definition) is 3. The topological polar surface area (TPSA) is 64.0 Å². The first-order valence-corrected chi connectivity index (χ1v) is 7.07. The van der Waals surface area contributed by atoms with Crippen LogP contribution in [0.25, 0.3) is 0 Å². The number of carbonyl (C=O) groups is 1. The molecule has 0 radical (unpaired) electrons. The number of rotatable bonds is 4. The van der Waals surface area contributed by atoms with Crippen LogP contribution < -0.4 is 10.9 Å². The van der Waals surface area contributed by atoms with Crippen molar-refractivity contribution >= 4 is 34.8 Å². The third-order valence-corrected chi connectivity index (χ3v) is 3.35. The lowest BCUT2D eigenvalue weighted by molar-refractivity contribution is -0.116. The Morgan fingerprint density at radius 2 is 2.05 bits per heavy atom. The van der Waals surface area contributed by atoms with Gasteiger partial charge in [-0.3, -0.25) is 14.2 Å². The molecule has 2 rings (SSSR count). The SMILES string of the molecule is CCc1nc(Cl)cc(=O)n1CC(=O)Nc1ccccc1Cl. The van der Waals surface area contributed by atoms with Gasteiger partial charge in [0, 0.05) is 12.5 Å². The molecule has 0 saturated carbocycles. The molecular formula is C14H13Cl2N3O2. The van der Waals surface area contributed by atoms with E-state index < -0.39 is 0 Å². The zero-order valence-corrected chi connectivity index (χ0v) is 12.8. The molecule has 2 aromatic rings. The van der Waals surface area contributed by atoms with E-state index in [0.29, 0.717) is 23.0 Å². The summed E-state index contributed by atoms with van der Waals surface area (Å²) in [5.41, 5.74) is 0.137. The summed E-state index contributed by atoms with van der Waals surface area (Å²) in [5, 5.41) is 3.22. The van der Waals surface area contributed by atoms with Gasteiger partial charge in [-0.2, -0.15) is 0 Å². The highest BCUT2D eigenvalue weighted by atomic mass is 35.5. The first-order valence-electron chi connectivity index (χ1n) is 6.32. The van der Waals surface area contributed by atoms with E-state index in [1.807, 2.05) is 6.92 Å². The summed E-state index contributed by atoms with van der Waals surface area (Å²) in [6, 6.07) is 8.06. The van der Waals surface area contributed by atoms with Crippen molar-refractivity contribution in [1.82, 2.24) is 9.55 Å². The van der Waals surface area contributed by atoms with Crippen LogP contribution in [0.3, 0.4) is 0 Å². The monoisotopic (exact) mass is 325 g/mol. The summed E-state index contributed by atoms with van der Waals surface area (Å²) in [6.07, 6.45) is 0.495. The molecule has 5 nitrogen and oxygen atoms in total. The van der Waals surface area contributed by atoms with Crippen LogP contribution in [0.4, 0.5) is 5.69 Å². The maximum absolute atomic E-state index is 12.0. The highest BCUT2D eigenvalue weighted by Crippen LogP contribution is 2.20. The Balaban J connectivity index is 2.21. The van der Waals surface area contributed by atoms with E-state index >= 15 is 0 Å². The van der Waals surface area contributed by atoms with Crippen LogP contribution >= 0.6 is 23.2 Å². The molecule has 1 amide bonds. The summed E-state index contributed by atoms with van der Waals surface area (Å²) < 4.78 is 1.29. The number of aryl methyl sites for hydroxylation is 1. The van der Waals surface area contributed by atoms with Crippen molar-refractivity contribution in [1.29, 1.82) is 0 Å². The van der Waals surface area contributed by atoms with Crippen molar-refractivity contribution in [3.05, 3.63) is 56.7 Å². The molecule has 1 heterocycles. The number of carbonyl (C=O) groups excluding carboxylic acids is 1. The average molecular weight is 326 g/mol. The minimum absolute atomic E-state index is 0.125. The zero-order valence-electron chi connectivity index (χ0n) is 11.3. The quantitative estimate of drug-likeness (QED) is 0.879. The van der Waals surface area contributed by atoms with Crippen LogP contribution in [0.5, 0.6) is 0 Å². The lowest BCUT2D eigenvalue weighted by atomic mass is 10.3. The highest BCUT2D eigenvalue weighted by molar-refractivity contribution is 6.33. The summed E-state index contributed by atoms with van der Waals surface area (Å²) in [4.78, 5) is 28.0. The minimum atomic E-state index is -0.360. The van der Waals surface area contributed by atoms with Gasteiger partial charge in [0.1, 0.15) is 17.5 Å². The lowest BCUT2D eigenvalue weighted by Crippen LogP contribution is -2.30. The van der Waals surface area contributed by atoms with Gasteiger partial charge in [-0.15, -0.1) is 0 Å². The van der Waals surface area contributed by atoms with Crippen LogP contribution in [0, 0.1) is 0 Å². The molecule has 0 saturated heterocycles. The Labute approximate surface area is 131 Å². The molecule has 0 fully saturated rings. The fraction of sp³-hybridized carbons (Fsp3) is 0.214. The van der Waals surface area contributed by atoms with Gasteiger partial charge in [0.2, 0.25) is 5.91 Å². The van der Waals surface area contributed by atoms with Crippen LogP contribution in [0.1, 0.15) is 12.7 Å². The van der Waals surface area contributed by atoms with E-state index in [2.05, 4.69) is 10.3 Å². The minimum Gasteiger partial charge on any atom is -0.323 e. The standard InChI is InChI=1S/C14H13Cl2N3O2/c1-2-12-18-11(16)7-14(21)19(12)8-13(20)17-10-6-4-3-5-9(10)15/h3-7H,2,8H2,1H3,(H,17,20). The second kappa shape index (κ2) is 6.74. The molecule has 110 valence electrons. The van der Waals surface area contributed by atoms with Gasteiger partial charge in [0.25, 0.3) is 5.56 Å². The van der Waals surface area contributed by atoms with E-state index in [1.165, 1.54) is 10.6 Å². The molecular weight excluding hydrogens is 313 g/mol. The molecule has 0 bridgehead atoms. The molecule has 0 aliphatic rings. The molecule has 1 aromatic heterocycles. The Morgan fingerprint density at radius 1 is 1.33 bits per heavy atom. The van der Waals surface area contributed by atoms with Crippen LogP contribution in [-0.2, 0) is 17.8 Å². The van der Waals surface area contributed by atoms with Gasteiger partial charge >= 0.3 is 0 Å². The smallest absolute Gasteiger partial charge is 0.255 e. The molecule has 0 aliphatic carbocycles. The van der Waals surface area contributed by atoms with Crippen LogP contribution in [-0.4, -0.2) is 15.5 Å². The number of nitrogens with one attached hydrogen (secondary N) is 1. The Morgan fingerprint density at radius 3 is 2.71 bits per heavy atom. The summed E-state index contributed by atoms with van der Waals surface area (Å²) in [7, 11) is 0. The Bertz CT molecular complexity index is 728. The van der Waals surface area contributed by atoms with E-state index in [9.17, 15) is 9.59 Å². The van der Waals surface area contributed by atoms with Gasteiger partial charge in [-0.05, 0) is 12.1 Å². The van der Waals surface area contributed by atoms with E-state index in [4.69, 9.17) is 23.2 Å². The van der Waals surface area contributed by atoms with E-state index in [-0.39, 0.29) is 23.2 Å². The summed E-state index contributed by atoms with van der Waals surface area (Å²) >= 11 is 11.7. The number of amides is 1. The van der Waals surface area contributed by atoms with Crippen LogP contribution in [0.2, 0.25) is 10.2 Å². The zero-order chi connectivity index (χ0) is 15.4. The maximum Gasteiger partial charge on any atom is 0.255 e. The Hall–Kier alpha value is -1.85. The van der Waals surface area contributed by atoms with Gasteiger partial charge < -0.3 is 5.32 Å². The number of benzene rings is 1. The van der Waals surface area contributed by atoms with Gasteiger partial charge in [0.15, 0.2) is 0 Å². The van der Waals surface area contributed by atoms with Gasteiger partial charge in [-0.25, -0.2) is 4.98 Å². The highest BCUT2D eigenvalue weighted by Gasteiger charge is 2.11. The largest absolute Gasteiger partial charge is 0.323 e. The second-order valence-corrected chi connectivity index (χ2v) is 5.10. The van der Waals surface area contributed by atoms with Crippen molar-refractivity contribution in [2.75, 3.05) is 5.32 Å². The molecule has 0 spiro atoms. The average Bonchev–Trinajstić information content (AvgIpc) is 2.44. The van der Waals surface area contributed by atoms with Crippen molar-refractivity contribution < 1.29 is 4.79 Å². The van der Waals surface area contributed by atoms with E-state index in [1.54, 1.807) is 24.3 Å². The van der Waals surface area contributed by atoms with Crippen molar-refractivity contribution in [2.45, 2.75) is 19.9 Å². The number of hydrogen-bond donors (Lipinski definition) is 1. The lowest BCUT2D eigenvalue weighted by Gasteiger charge is -2.11. The van der Waals surface area contributed by atoms with Crippen molar-refractivity contribution in [3.8, 4) is 0 Å². The molecule has 0 aliphatic heterocycles. The molecule has 7 heteroatoms. The number of halogens is 2. The Kier molecular flexibility index (Phi) is 4.98. The fourth-order valence-electron chi connectivity index (χ4n) is 1.86. The van der Waals surface area contributed by atoms with Crippen molar-refractivity contribution in [3.63, 3.8) is 0 Å². The predicted octanol–water partition coefficient (Wildman–Crippen LogP) is 2.75. The molecule has 0 unspecified atom stereocenters. The van der Waals surface area contributed by atoms with Gasteiger partial charge in [-0.1, -0.05) is 42.3 Å². The molecule has 0 atom stereocenters. The number of anilines is 1. The van der Waals surface area contributed by atoms with Crippen molar-refractivity contribution in [2.24, 2.45) is 0 Å². The number of aromatic nitrogens is 2. The first kappa shape index (κ1) is 15.5.